The summed E-state index contributed by atoms with van der Waals surface area (Å²) in [6, 6.07) is 12.6. The molecule has 3 rings (SSSR count). The minimum absolute atomic E-state index is 0.0317. The molecule has 3 aromatic carbocycles. The van der Waals surface area contributed by atoms with Crippen LogP contribution in [-0.4, -0.2) is 72.7 Å². The van der Waals surface area contributed by atoms with E-state index in [1.807, 2.05) is 6.92 Å². The minimum Gasteiger partial charge on any atom is -0.497 e. The summed E-state index contributed by atoms with van der Waals surface area (Å²) in [6.07, 6.45) is 0.910. The Kier molecular flexibility index (Phi) is 13.2. The molecule has 250 valence electrons. The molecule has 0 aromatic heterocycles. The number of methoxy groups -OCH3 is 4. The quantitative estimate of drug-likeness (QED) is 0.207. The van der Waals surface area contributed by atoms with E-state index in [0.717, 1.165) is 4.31 Å². The molecule has 14 heteroatoms. The molecule has 0 spiro atoms. The van der Waals surface area contributed by atoms with Gasteiger partial charge in [0.25, 0.3) is 10.0 Å². The molecule has 0 bridgehead atoms. The van der Waals surface area contributed by atoms with Crippen LogP contribution in [-0.2, 0) is 26.2 Å². The Morgan fingerprint density at radius 1 is 0.848 bits per heavy atom. The van der Waals surface area contributed by atoms with E-state index in [4.69, 9.17) is 42.1 Å². The highest BCUT2D eigenvalue weighted by molar-refractivity contribution is 7.92. The van der Waals surface area contributed by atoms with E-state index in [9.17, 15) is 18.0 Å². The molecule has 0 aliphatic heterocycles. The molecular weight excluding hydrogens is 657 g/mol. The molecule has 0 aliphatic carbocycles. The summed E-state index contributed by atoms with van der Waals surface area (Å²) >= 11 is 13.0. The molecule has 1 N–H and O–H groups in total. The second kappa shape index (κ2) is 16.6. The Hall–Kier alpha value is -3.87. The maximum atomic E-state index is 14.4. The summed E-state index contributed by atoms with van der Waals surface area (Å²) in [5.41, 5.74) is 0.443. The van der Waals surface area contributed by atoms with Crippen molar-refractivity contribution in [3.63, 3.8) is 0 Å². The van der Waals surface area contributed by atoms with Gasteiger partial charge in [-0.2, -0.15) is 0 Å². The molecule has 1 unspecified atom stereocenters. The highest BCUT2D eigenvalue weighted by atomic mass is 35.5. The molecule has 0 heterocycles. The summed E-state index contributed by atoms with van der Waals surface area (Å²) < 4.78 is 51.4. The van der Waals surface area contributed by atoms with Crippen molar-refractivity contribution >= 4 is 50.7 Å². The van der Waals surface area contributed by atoms with Crippen molar-refractivity contribution in [3.8, 4) is 23.0 Å². The van der Waals surface area contributed by atoms with Crippen molar-refractivity contribution in [2.75, 3.05) is 45.8 Å². The van der Waals surface area contributed by atoms with Crippen LogP contribution in [0.1, 0.15) is 32.3 Å². The normalized spacial score (nSPS) is 11.7. The Bertz CT molecular complexity index is 1620. The lowest BCUT2D eigenvalue weighted by Gasteiger charge is -2.34. The second-order valence-electron chi connectivity index (χ2n) is 10.0. The third-order valence-electron chi connectivity index (χ3n) is 7.20. The predicted molar refractivity (Wildman–Crippen MR) is 178 cm³/mol. The fraction of sp³-hybridized carbons (Fsp3) is 0.375. The van der Waals surface area contributed by atoms with Gasteiger partial charge in [0.2, 0.25) is 11.8 Å². The van der Waals surface area contributed by atoms with Crippen molar-refractivity contribution in [3.05, 3.63) is 70.2 Å². The third kappa shape index (κ3) is 8.28. The molecule has 2 amide bonds. The molecule has 0 fully saturated rings. The van der Waals surface area contributed by atoms with Gasteiger partial charge in [0.15, 0.2) is 11.5 Å². The number of carbonyl (C=O) groups excluding carboxylic acids is 2. The van der Waals surface area contributed by atoms with Crippen LogP contribution in [0.3, 0.4) is 0 Å². The third-order valence-corrected chi connectivity index (χ3v) is 9.67. The molecule has 46 heavy (non-hydrogen) atoms. The number of halogens is 2. The first-order chi connectivity index (χ1) is 22.0. The highest BCUT2D eigenvalue weighted by Crippen LogP contribution is 2.38. The molecule has 3 aromatic rings. The fourth-order valence-corrected chi connectivity index (χ4v) is 6.70. The summed E-state index contributed by atoms with van der Waals surface area (Å²) in [4.78, 5) is 28.9. The Morgan fingerprint density at radius 3 is 2.04 bits per heavy atom. The summed E-state index contributed by atoms with van der Waals surface area (Å²) in [6.45, 7) is 3.18. The first-order valence-electron chi connectivity index (χ1n) is 14.4. The zero-order chi connectivity index (χ0) is 34.0. The van der Waals surface area contributed by atoms with Gasteiger partial charge in [0.1, 0.15) is 24.1 Å². The molecule has 0 aliphatic rings. The van der Waals surface area contributed by atoms with Gasteiger partial charge in [0.05, 0.1) is 39.0 Å². The lowest BCUT2D eigenvalue weighted by Crippen LogP contribution is -2.52. The van der Waals surface area contributed by atoms with Gasteiger partial charge >= 0.3 is 0 Å². The van der Waals surface area contributed by atoms with Crippen LogP contribution in [0.15, 0.2) is 59.5 Å². The van der Waals surface area contributed by atoms with Crippen molar-refractivity contribution < 1.29 is 37.0 Å². The Morgan fingerprint density at radius 2 is 1.48 bits per heavy atom. The lowest BCUT2D eigenvalue weighted by atomic mass is 10.1. The van der Waals surface area contributed by atoms with E-state index in [1.165, 1.54) is 63.7 Å². The molecule has 0 saturated heterocycles. The van der Waals surface area contributed by atoms with E-state index in [2.05, 4.69) is 5.32 Å². The van der Waals surface area contributed by atoms with E-state index < -0.39 is 34.4 Å². The number of hydrogen-bond donors (Lipinski definition) is 1. The number of anilines is 1. The van der Waals surface area contributed by atoms with E-state index >= 15 is 0 Å². The standard InChI is InChI=1S/C32H39Cl2N3O8S/c1-7-16-35-32(39)26(8-2)36(19-23-24(33)10-9-11-25(23)34)31(38)20-37(27-17-21(42-3)12-14-28(27)43-4)46(40,41)22-13-15-29(44-5)30(18-22)45-6/h9-15,17-18,26H,7-8,16,19-20H2,1-6H3,(H,35,39). The SMILES string of the molecule is CCCNC(=O)C(CC)N(Cc1c(Cl)cccc1Cl)C(=O)CN(c1cc(OC)ccc1OC)S(=O)(=O)c1ccc(OC)c(OC)c1. The van der Waals surface area contributed by atoms with Crippen LogP contribution in [0.2, 0.25) is 10.0 Å². The fourth-order valence-electron chi connectivity index (χ4n) is 4.75. The van der Waals surface area contributed by atoms with Crippen LogP contribution in [0, 0.1) is 0 Å². The number of ether oxygens (including phenoxy) is 4. The van der Waals surface area contributed by atoms with Crippen LogP contribution >= 0.6 is 23.2 Å². The summed E-state index contributed by atoms with van der Waals surface area (Å²) in [7, 11) is 1.13. The van der Waals surface area contributed by atoms with Gasteiger partial charge < -0.3 is 29.2 Å². The Balaban J connectivity index is 2.23. The van der Waals surface area contributed by atoms with Crippen molar-refractivity contribution in [2.45, 2.75) is 44.2 Å². The van der Waals surface area contributed by atoms with Crippen LogP contribution in [0.4, 0.5) is 5.69 Å². The minimum atomic E-state index is -4.49. The van der Waals surface area contributed by atoms with Crippen LogP contribution in [0.25, 0.3) is 0 Å². The zero-order valence-corrected chi connectivity index (χ0v) is 29.0. The smallest absolute Gasteiger partial charge is 0.265 e. The van der Waals surface area contributed by atoms with Gasteiger partial charge in [-0.1, -0.05) is 43.1 Å². The van der Waals surface area contributed by atoms with E-state index in [1.54, 1.807) is 31.2 Å². The second-order valence-corrected chi connectivity index (χ2v) is 12.7. The predicted octanol–water partition coefficient (Wildman–Crippen LogP) is 5.56. The number of carbonyl (C=O) groups is 2. The topological polar surface area (TPSA) is 124 Å². The number of sulfonamides is 1. The average molecular weight is 697 g/mol. The average Bonchev–Trinajstić information content (AvgIpc) is 3.06. The monoisotopic (exact) mass is 695 g/mol. The molecule has 11 nitrogen and oxygen atoms in total. The molecular formula is C32H39Cl2N3O8S. The number of amides is 2. The van der Waals surface area contributed by atoms with E-state index in [-0.39, 0.29) is 35.0 Å². The van der Waals surface area contributed by atoms with Gasteiger partial charge in [-0.15, -0.1) is 0 Å². The van der Waals surface area contributed by atoms with Crippen molar-refractivity contribution in [2.24, 2.45) is 0 Å². The Labute approximate surface area is 280 Å². The maximum Gasteiger partial charge on any atom is 0.265 e. The summed E-state index contributed by atoms with van der Waals surface area (Å²) in [5.74, 6) is -0.125. The van der Waals surface area contributed by atoms with Gasteiger partial charge in [-0.05, 0) is 49.2 Å². The molecule has 0 saturated carbocycles. The molecule has 0 radical (unpaired) electrons. The number of nitrogens with zero attached hydrogens (tertiary/aromatic N) is 2. The maximum absolute atomic E-state index is 14.4. The first kappa shape index (κ1) is 36.6. The van der Waals surface area contributed by atoms with Crippen molar-refractivity contribution in [1.82, 2.24) is 10.2 Å². The number of hydrogen-bond acceptors (Lipinski definition) is 8. The van der Waals surface area contributed by atoms with Gasteiger partial charge in [-0.3, -0.25) is 13.9 Å². The zero-order valence-electron chi connectivity index (χ0n) is 26.6. The number of benzene rings is 3. The van der Waals surface area contributed by atoms with Gasteiger partial charge in [0, 0.05) is 40.8 Å². The lowest BCUT2D eigenvalue weighted by molar-refractivity contribution is -0.140. The van der Waals surface area contributed by atoms with Crippen LogP contribution < -0.4 is 28.6 Å². The molecule has 1 atom stereocenters. The number of rotatable bonds is 16. The first-order valence-corrected chi connectivity index (χ1v) is 16.6. The highest BCUT2D eigenvalue weighted by Gasteiger charge is 2.36. The van der Waals surface area contributed by atoms with Crippen molar-refractivity contribution in [1.29, 1.82) is 0 Å². The largest absolute Gasteiger partial charge is 0.497 e. The van der Waals surface area contributed by atoms with Gasteiger partial charge in [-0.25, -0.2) is 8.42 Å². The number of nitrogens with one attached hydrogen (secondary N) is 1. The van der Waals surface area contributed by atoms with Crippen LogP contribution in [0.5, 0.6) is 23.0 Å². The van der Waals surface area contributed by atoms with E-state index in [0.29, 0.717) is 40.1 Å². The summed E-state index contributed by atoms with van der Waals surface area (Å²) in [5, 5.41) is 3.42.